The van der Waals surface area contributed by atoms with Gasteiger partial charge in [-0.15, -0.1) is 6.42 Å². The maximum atomic E-state index is 10.6. The van der Waals surface area contributed by atoms with Gasteiger partial charge < -0.3 is 5.11 Å². The molecule has 3 nitrogen and oxygen atoms in total. The van der Waals surface area contributed by atoms with Gasteiger partial charge in [-0.3, -0.25) is 9.69 Å². The van der Waals surface area contributed by atoms with Crippen LogP contribution >= 0.6 is 11.8 Å². The molecule has 0 aromatic carbocycles. The number of carboxylic acids is 1. The van der Waals surface area contributed by atoms with E-state index in [0.717, 1.165) is 12.2 Å². The third-order valence-electron chi connectivity index (χ3n) is 2.33. The summed E-state index contributed by atoms with van der Waals surface area (Å²) >= 11 is 1.88. The smallest absolute Gasteiger partial charge is 0.317 e. The van der Waals surface area contributed by atoms with Gasteiger partial charge in [-0.25, -0.2) is 0 Å². The Balaban J connectivity index is 2.50. The topological polar surface area (TPSA) is 40.5 Å². The van der Waals surface area contributed by atoms with E-state index in [4.69, 9.17) is 11.5 Å². The summed E-state index contributed by atoms with van der Waals surface area (Å²) in [5.41, 5.74) is 0. The highest BCUT2D eigenvalue weighted by Gasteiger charge is 2.27. The Hall–Kier alpha value is -0.660. The van der Waals surface area contributed by atoms with Crippen molar-refractivity contribution in [3.8, 4) is 12.3 Å². The fourth-order valence-corrected chi connectivity index (χ4v) is 2.91. The van der Waals surface area contributed by atoms with Crippen LogP contribution in [0.4, 0.5) is 0 Å². The first-order valence-electron chi connectivity index (χ1n) is 4.64. The number of rotatable bonds is 4. The molecule has 0 aromatic heterocycles. The molecule has 1 N–H and O–H groups in total. The number of hydrogen-bond acceptors (Lipinski definition) is 3. The van der Waals surface area contributed by atoms with E-state index in [-0.39, 0.29) is 6.54 Å². The van der Waals surface area contributed by atoms with Crippen LogP contribution in [0.5, 0.6) is 0 Å². The Morgan fingerprint density at radius 2 is 2.50 bits per heavy atom. The van der Waals surface area contributed by atoms with Gasteiger partial charge in [-0.1, -0.05) is 12.8 Å². The first-order chi connectivity index (χ1) is 6.63. The number of carboxylic acid groups (broad SMARTS) is 1. The fourth-order valence-electron chi connectivity index (χ4n) is 1.65. The maximum absolute atomic E-state index is 10.6. The molecule has 0 saturated carbocycles. The van der Waals surface area contributed by atoms with Crippen molar-refractivity contribution in [3.05, 3.63) is 0 Å². The first kappa shape index (κ1) is 11.4. The van der Waals surface area contributed by atoms with Crippen LogP contribution in [-0.4, -0.2) is 46.1 Å². The van der Waals surface area contributed by atoms with Crippen LogP contribution in [0.1, 0.15) is 13.3 Å². The Bertz CT molecular complexity index is 249. The molecule has 0 spiro atoms. The molecule has 1 heterocycles. The molecule has 1 rings (SSSR count). The second-order valence-corrected chi connectivity index (χ2v) is 5.01. The van der Waals surface area contributed by atoms with Gasteiger partial charge in [-0.05, 0) is 6.42 Å². The van der Waals surface area contributed by atoms with Crippen molar-refractivity contribution in [2.45, 2.75) is 24.6 Å². The molecule has 1 fully saturated rings. The number of terminal acetylenes is 1. The molecule has 1 aliphatic rings. The molecule has 0 radical (unpaired) electrons. The third-order valence-corrected chi connectivity index (χ3v) is 3.66. The predicted molar refractivity (Wildman–Crippen MR) is 58.4 cm³/mol. The highest BCUT2D eigenvalue weighted by molar-refractivity contribution is 8.00. The second kappa shape index (κ2) is 5.28. The van der Waals surface area contributed by atoms with Gasteiger partial charge in [0.25, 0.3) is 0 Å². The number of nitrogens with zero attached hydrogens (tertiary/aromatic N) is 1. The fraction of sp³-hybridized carbons (Fsp3) is 0.700. The largest absolute Gasteiger partial charge is 0.480 e. The highest BCUT2D eigenvalue weighted by atomic mass is 32.2. The van der Waals surface area contributed by atoms with Crippen LogP contribution in [0.25, 0.3) is 0 Å². The van der Waals surface area contributed by atoms with Crippen molar-refractivity contribution in [1.29, 1.82) is 0 Å². The Morgan fingerprint density at radius 1 is 1.79 bits per heavy atom. The summed E-state index contributed by atoms with van der Waals surface area (Å²) in [6, 6.07) is 0.335. The van der Waals surface area contributed by atoms with Crippen molar-refractivity contribution in [3.63, 3.8) is 0 Å². The summed E-state index contributed by atoms with van der Waals surface area (Å²) in [5, 5.41) is 9.34. The molecular weight excluding hydrogens is 198 g/mol. The molecule has 1 saturated heterocycles. The first-order valence-corrected chi connectivity index (χ1v) is 5.69. The number of hydrogen-bond donors (Lipinski definition) is 1. The van der Waals surface area contributed by atoms with Gasteiger partial charge in [0.15, 0.2) is 0 Å². The molecule has 0 aliphatic carbocycles. The molecule has 14 heavy (non-hydrogen) atoms. The zero-order valence-corrected chi connectivity index (χ0v) is 9.09. The van der Waals surface area contributed by atoms with Gasteiger partial charge in [-0.2, -0.15) is 11.8 Å². The zero-order valence-electron chi connectivity index (χ0n) is 8.27. The normalized spacial score (nSPS) is 26.4. The van der Waals surface area contributed by atoms with Crippen LogP contribution in [0.15, 0.2) is 0 Å². The predicted octanol–water partition coefficient (Wildman–Crippen LogP) is 0.900. The highest BCUT2D eigenvalue weighted by Crippen LogP contribution is 2.29. The molecule has 78 valence electrons. The Morgan fingerprint density at radius 3 is 2.93 bits per heavy atom. The molecule has 2 atom stereocenters. The molecular formula is C10H15NO2S. The number of thioether (sulfide) groups is 1. The van der Waals surface area contributed by atoms with E-state index in [1.165, 1.54) is 0 Å². The molecule has 0 bridgehead atoms. The standard InChI is InChI=1S/C10H15NO2S/c1-3-4-11(6-10(12)13)9-5-8(2)14-7-9/h1,8-9H,4-7H2,2H3,(H,12,13). The monoisotopic (exact) mass is 213 g/mol. The maximum Gasteiger partial charge on any atom is 0.317 e. The van der Waals surface area contributed by atoms with E-state index in [9.17, 15) is 4.79 Å². The lowest BCUT2D eigenvalue weighted by Crippen LogP contribution is -2.39. The Kier molecular flexibility index (Phi) is 4.30. The third kappa shape index (κ3) is 3.24. The minimum atomic E-state index is -0.801. The van der Waals surface area contributed by atoms with Gasteiger partial charge in [0.05, 0.1) is 13.1 Å². The molecule has 0 amide bonds. The van der Waals surface area contributed by atoms with Crippen LogP contribution in [0.2, 0.25) is 0 Å². The van der Waals surface area contributed by atoms with Crippen molar-refractivity contribution in [2.24, 2.45) is 0 Å². The minimum absolute atomic E-state index is 0.0577. The zero-order chi connectivity index (χ0) is 10.6. The summed E-state index contributed by atoms with van der Waals surface area (Å²) in [4.78, 5) is 12.5. The van der Waals surface area contributed by atoms with E-state index < -0.39 is 5.97 Å². The SMILES string of the molecule is C#CCN(CC(=O)O)C1CSC(C)C1. The second-order valence-electron chi connectivity index (χ2n) is 3.54. The minimum Gasteiger partial charge on any atom is -0.480 e. The van der Waals surface area contributed by atoms with Gasteiger partial charge >= 0.3 is 5.97 Å². The van der Waals surface area contributed by atoms with E-state index in [1.807, 2.05) is 16.7 Å². The van der Waals surface area contributed by atoms with E-state index >= 15 is 0 Å². The van der Waals surface area contributed by atoms with E-state index in [1.54, 1.807) is 0 Å². The van der Waals surface area contributed by atoms with Gasteiger partial charge in [0.1, 0.15) is 0 Å². The van der Waals surface area contributed by atoms with Crippen LogP contribution in [0, 0.1) is 12.3 Å². The Labute approximate surface area is 88.9 Å². The van der Waals surface area contributed by atoms with Crippen molar-refractivity contribution in [1.82, 2.24) is 4.90 Å². The molecule has 1 aliphatic heterocycles. The molecule has 2 unspecified atom stereocenters. The summed E-state index contributed by atoms with van der Waals surface area (Å²) in [6.45, 7) is 2.66. The van der Waals surface area contributed by atoms with Crippen molar-refractivity contribution >= 4 is 17.7 Å². The van der Waals surface area contributed by atoms with Gasteiger partial charge in [0, 0.05) is 17.0 Å². The number of aliphatic carboxylic acids is 1. The van der Waals surface area contributed by atoms with E-state index in [2.05, 4.69) is 12.8 Å². The lowest BCUT2D eigenvalue weighted by atomic mass is 10.1. The van der Waals surface area contributed by atoms with E-state index in [0.29, 0.717) is 17.8 Å². The van der Waals surface area contributed by atoms with Crippen LogP contribution in [-0.2, 0) is 4.79 Å². The lowest BCUT2D eigenvalue weighted by molar-refractivity contribution is -0.138. The van der Waals surface area contributed by atoms with Gasteiger partial charge in [0.2, 0.25) is 0 Å². The molecule has 4 heteroatoms. The lowest BCUT2D eigenvalue weighted by Gasteiger charge is -2.24. The average molecular weight is 213 g/mol. The summed E-state index contributed by atoms with van der Waals surface area (Å²) < 4.78 is 0. The van der Waals surface area contributed by atoms with Crippen LogP contribution < -0.4 is 0 Å². The van der Waals surface area contributed by atoms with Crippen molar-refractivity contribution < 1.29 is 9.90 Å². The summed E-state index contributed by atoms with van der Waals surface area (Å²) in [5.74, 6) is 2.71. The summed E-state index contributed by atoms with van der Waals surface area (Å²) in [6.07, 6.45) is 6.26. The summed E-state index contributed by atoms with van der Waals surface area (Å²) in [7, 11) is 0. The average Bonchev–Trinajstić information content (AvgIpc) is 2.50. The van der Waals surface area contributed by atoms with Crippen LogP contribution in [0.3, 0.4) is 0 Å². The quantitative estimate of drug-likeness (QED) is 0.704. The molecule has 0 aromatic rings. The number of carbonyl (C=O) groups is 1. The van der Waals surface area contributed by atoms with Crippen molar-refractivity contribution in [2.75, 3.05) is 18.8 Å².